The predicted molar refractivity (Wildman–Crippen MR) is 68.7 cm³/mol. The summed E-state index contributed by atoms with van der Waals surface area (Å²) >= 11 is 0. The fourth-order valence-corrected chi connectivity index (χ4v) is 1.98. The van der Waals surface area contributed by atoms with E-state index in [1.807, 2.05) is 6.92 Å². The Morgan fingerprint density at radius 1 is 1.00 bits per heavy atom. The van der Waals surface area contributed by atoms with Crippen LogP contribution in [0.15, 0.2) is 18.2 Å². The molecule has 0 atom stereocenters. The van der Waals surface area contributed by atoms with Crippen LogP contribution in [0.1, 0.15) is 31.9 Å². The van der Waals surface area contributed by atoms with E-state index in [0.717, 1.165) is 19.4 Å². The first-order valence-electron chi connectivity index (χ1n) is 6.03. The minimum absolute atomic E-state index is 0.0299. The molecule has 0 aliphatic rings. The van der Waals surface area contributed by atoms with E-state index in [0.29, 0.717) is 16.9 Å². The smallest absolute Gasteiger partial charge is 0.226 e. The minimum Gasteiger partial charge on any atom is -0.508 e. The van der Waals surface area contributed by atoms with Gasteiger partial charge >= 0.3 is 0 Å². The van der Waals surface area contributed by atoms with E-state index < -0.39 is 11.8 Å². The van der Waals surface area contributed by atoms with Crippen LogP contribution in [-0.4, -0.2) is 42.3 Å². The Kier molecular flexibility index (Phi) is 4.54. The highest BCUT2D eigenvalue weighted by Crippen LogP contribution is 2.25. The van der Waals surface area contributed by atoms with Gasteiger partial charge in [-0.3, -0.25) is 0 Å². The number of benzene rings is 1. The Hall–Kier alpha value is -1.18. The molecule has 0 unspecified atom stereocenters. The predicted octanol–water partition coefficient (Wildman–Crippen LogP) is 0.0732. The second-order valence-corrected chi connectivity index (χ2v) is 4.83. The van der Waals surface area contributed by atoms with Crippen LogP contribution in [0.4, 0.5) is 0 Å². The Morgan fingerprint density at radius 3 is 1.95 bits per heavy atom. The standard InChI is InChI=1S/C13H21NO5/c1-4-9-5-6-11(15)7-10(9)8-14(12(2,16)17)13(3,18)19/h5-7,15-19H,4,8H2,1-3H3. The van der Waals surface area contributed by atoms with E-state index in [2.05, 4.69) is 0 Å². The molecule has 0 aliphatic carbocycles. The lowest BCUT2D eigenvalue weighted by atomic mass is 10.0. The van der Waals surface area contributed by atoms with Gasteiger partial charge in [-0.15, -0.1) is 0 Å². The minimum atomic E-state index is -2.41. The van der Waals surface area contributed by atoms with Gasteiger partial charge in [-0.2, -0.15) is 4.90 Å². The van der Waals surface area contributed by atoms with Crippen LogP contribution in [0.3, 0.4) is 0 Å². The molecule has 0 spiro atoms. The zero-order valence-corrected chi connectivity index (χ0v) is 11.3. The van der Waals surface area contributed by atoms with Crippen molar-refractivity contribution in [2.75, 3.05) is 0 Å². The van der Waals surface area contributed by atoms with Gasteiger partial charge in [0.25, 0.3) is 0 Å². The second-order valence-electron chi connectivity index (χ2n) is 4.83. The van der Waals surface area contributed by atoms with Gasteiger partial charge in [-0.05, 0) is 29.7 Å². The van der Waals surface area contributed by atoms with Crippen molar-refractivity contribution < 1.29 is 25.5 Å². The van der Waals surface area contributed by atoms with E-state index >= 15 is 0 Å². The molecule has 19 heavy (non-hydrogen) atoms. The molecule has 0 aromatic heterocycles. The molecule has 0 saturated heterocycles. The van der Waals surface area contributed by atoms with E-state index in [1.165, 1.54) is 12.1 Å². The first-order chi connectivity index (χ1) is 8.55. The van der Waals surface area contributed by atoms with Gasteiger partial charge in [0, 0.05) is 20.4 Å². The monoisotopic (exact) mass is 271 g/mol. The van der Waals surface area contributed by atoms with E-state index in [9.17, 15) is 25.5 Å². The van der Waals surface area contributed by atoms with E-state index in [4.69, 9.17) is 0 Å². The summed E-state index contributed by atoms with van der Waals surface area (Å²) in [5.41, 5.74) is 1.46. The lowest BCUT2D eigenvalue weighted by Crippen LogP contribution is -2.58. The van der Waals surface area contributed by atoms with Gasteiger partial charge in [0.15, 0.2) is 0 Å². The summed E-state index contributed by atoms with van der Waals surface area (Å²) in [6.07, 6.45) is 0.671. The molecule has 0 fully saturated rings. The number of aliphatic hydroxyl groups is 4. The summed E-state index contributed by atoms with van der Waals surface area (Å²) in [5, 5.41) is 47.9. The number of aromatic hydroxyl groups is 1. The summed E-state index contributed by atoms with van der Waals surface area (Å²) in [7, 11) is 0. The molecule has 1 aromatic rings. The molecule has 0 heterocycles. The Morgan fingerprint density at radius 2 is 1.53 bits per heavy atom. The summed E-state index contributed by atoms with van der Waals surface area (Å²) < 4.78 is 0. The van der Waals surface area contributed by atoms with Crippen molar-refractivity contribution in [2.45, 2.75) is 45.6 Å². The Labute approximate surface area is 112 Å². The second kappa shape index (κ2) is 5.44. The van der Waals surface area contributed by atoms with Crippen molar-refractivity contribution in [3.63, 3.8) is 0 Å². The highest BCUT2D eigenvalue weighted by Gasteiger charge is 2.39. The van der Waals surface area contributed by atoms with Crippen LogP contribution in [-0.2, 0) is 13.0 Å². The summed E-state index contributed by atoms with van der Waals surface area (Å²) in [5.74, 6) is -4.79. The zero-order chi connectivity index (χ0) is 14.8. The molecule has 0 radical (unpaired) electrons. The maximum Gasteiger partial charge on any atom is 0.226 e. The largest absolute Gasteiger partial charge is 0.508 e. The lowest BCUT2D eigenvalue weighted by Gasteiger charge is -2.39. The molecule has 6 nitrogen and oxygen atoms in total. The number of rotatable bonds is 5. The van der Waals surface area contributed by atoms with Gasteiger partial charge < -0.3 is 25.5 Å². The number of hydrogen-bond donors (Lipinski definition) is 5. The molecule has 5 N–H and O–H groups in total. The SMILES string of the molecule is CCc1ccc(O)cc1CN(C(C)(O)O)C(C)(O)O. The highest BCUT2D eigenvalue weighted by molar-refractivity contribution is 5.35. The normalized spacial score (nSPS) is 13.1. The highest BCUT2D eigenvalue weighted by atomic mass is 16.6. The van der Waals surface area contributed by atoms with Crippen LogP contribution in [0, 0.1) is 0 Å². The van der Waals surface area contributed by atoms with Gasteiger partial charge in [-0.1, -0.05) is 13.0 Å². The lowest BCUT2D eigenvalue weighted by molar-refractivity contribution is -0.374. The Balaban J connectivity index is 3.14. The summed E-state index contributed by atoms with van der Waals surface area (Å²) in [6, 6.07) is 4.70. The summed E-state index contributed by atoms with van der Waals surface area (Å²) in [6.45, 7) is 3.84. The fraction of sp³-hybridized carbons (Fsp3) is 0.538. The van der Waals surface area contributed by atoms with Gasteiger partial charge in [0.05, 0.1) is 0 Å². The number of phenolic OH excluding ortho intramolecular Hbond substituents is 1. The average Bonchev–Trinajstić information content (AvgIpc) is 2.23. The maximum atomic E-state index is 9.61. The van der Waals surface area contributed by atoms with Crippen molar-refractivity contribution in [2.24, 2.45) is 0 Å². The van der Waals surface area contributed by atoms with Crippen molar-refractivity contribution in [3.8, 4) is 5.75 Å². The number of nitrogens with zero attached hydrogens (tertiary/aromatic N) is 1. The molecule has 0 bridgehead atoms. The molecule has 0 amide bonds. The average molecular weight is 271 g/mol. The van der Waals surface area contributed by atoms with Gasteiger partial charge in [0.2, 0.25) is 11.8 Å². The zero-order valence-electron chi connectivity index (χ0n) is 11.3. The third kappa shape index (κ3) is 4.15. The van der Waals surface area contributed by atoms with Crippen molar-refractivity contribution >= 4 is 0 Å². The third-order valence-electron chi connectivity index (χ3n) is 2.92. The number of phenols is 1. The molecule has 0 saturated carbocycles. The molecule has 1 aromatic carbocycles. The molecule has 108 valence electrons. The van der Waals surface area contributed by atoms with E-state index in [1.54, 1.807) is 6.07 Å². The number of aryl methyl sites for hydroxylation is 1. The molecular weight excluding hydrogens is 250 g/mol. The maximum absolute atomic E-state index is 9.61. The molecule has 1 rings (SSSR count). The van der Waals surface area contributed by atoms with Crippen molar-refractivity contribution in [1.29, 1.82) is 0 Å². The van der Waals surface area contributed by atoms with Crippen LogP contribution in [0.2, 0.25) is 0 Å². The number of hydrogen-bond acceptors (Lipinski definition) is 6. The third-order valence-corrected chi connectivity index (χ3v) is 2.92. The Bertz CT molecular complexity index is 420. The van der Waals surface area contributed by atoms with Crippen molar-refractivity contribution in [3.05, 3.63) is 29.3 Å². The van der Waals surface area contributed by atoms with Crippen molar-refractivity contribution in [1.82, 2.24) is 4.90 Å². The van der Waals surface area contributed by atoms with Crippen LogP contribution < -0.4 is 0 Å². The molecule has 6 heteroatoms. The first kappa shape index (κ1) is 15.9. The van der Waals surface area contributed by atoms with Crippen LogP contribution >= 0.6 is 0 Å². The quantitative estimate of drug-likeness (QED) is 0.486. The van der Waals surface area contributed by atoms with Crippen LogP contribution in [0.25, 0.3) is 0 Å². The summed E-state index contributed by atoms with van der Waals surface area (Å²) in [4.78, 5) is 0.702. The van der Waals surface area contributed by atoms with E-state index in [-0.39, 0.29) is 12.3 Å². The van der Waals surface area contributed by atoms with Crippen LogP contribution in [0.5, 0.6) is 5.75 Å². The topological polar surface area (TPSA) is 104 Å². The van der Waals surface area contributed by atoms with Gasteiger partial charge in [-0.25, -0.2) is 0 Å². The van der Waals surface area contributed by atoms with Gasteiger partial charge in [0.1, 0.15) is 5.75 Å². The fourth-order valence-electron chi connectivity index (χ4n) is 1.98. The molecular formula is C13H21NO5. The molecule has 0 aliphatic heterocycles. The first-order valence-corrected chi connectivity index (χ1v) is 6.03.